The number of hydrogen-bond acceptors (Lipinski definition) is 8. The molecule has 10 heteroatoms. The topological polar surface area (TPSA) is 86.6 Å². The van der Waals surface area contributed by atoms with Gasteiger partial charge in [0, 0.05) is 43.8 Å². The summed E-state index contributed by atoms with van der Waals surface area (Å²) < 4.78 is 18.3. The summed E-state index contributed by atoms with van der Waals surface area (Å²) in [4.78, 5) is 15.9. The Kier molecular flexibility index (Phi) is 9.04. The van der Waals surface area contributed by atoms with E-state index in [0.717, 1.165) is 43.0 Å². The fourth-order valence-corrected chi connectivity index (χ4v) is 4.57. The van der Waals surface area contributed by atoms with Crippen LogP contribution in [0, 0.1) is 0 Å². The third kappa shape index (κ3) is 6.00. The van der Waals surface area contributed by atoms with Crippen molar-refractivity contribution >= 4 is 23.2 Å². The summed E-state index contributed by atoms with van der Waals surface area (Å²) >= 11 is 6.27. The fourth-order valence-electron chi connectivity index (χ4n) is 4.39. The van der Waals surface area contributed by atoms with Crippen LogP contribution in [0.2, 0.25) is 5.28 Å². The molecule has 4 aromatic rings. The zero-order valence-corrected chi connectivity index (χ0v) is 23.1. The smallest absolute Gasteiger partial charge is 0.224 e. The van der Waals surface area contributed by atoms with Crippen LogP contribution in [-0.2, 0) is 19.5 Å². The molecule has 0 saturated heterocycles. The van der Waals surface area contributed by atoms with Crippen LogP contribution in [0.25, 0.3) is 5.69 Å². The highest BCUT2D eigenvalue weighted by Crippen LogP contribution is 2.39. The molecule has 200 valence electrons. The highest BCUT2D eigenvalue weighted by molar-refractivity contribution is 6.28. The molecule has 0 bridgehead atoms. The van der Waals surface area contributed by atoms with Crippen molar-refractivity contribution in [3.8, 4) is 22.9 Å². The van der Waals surface area contributed by atoms with Gasteiger partial charge in [-0.1, -0.05) is 44.2 Å². The normalized spacial score (nSPS) is 12.7. The van der Waals surface area contributed by atoms with E-state index in [0.29, 0.717) is 28.9 Å². The number of nitrogens with one attached hydrogen (secondary N) is 1. The lowest BCUT2D eigenvalue weighted by Crippen LogP contribution is -2.31. The molecule has 2 aromatic heterocycles. The lowest BCUT2D eigenvalue weighted by molar-refractivity contribution is 0.243. The van der Waals surface area contributed by atoms with Crippen molar-refractivity contribution in [1.29, 1.82) is 0 Å². The molecule has 0 atom stereocenters. The Morgan fingerprint density at radius 2 is 1.68 bits per heavy atom. The third-order valence-corrected chi connectivity index (χ3v) is 6.31. The van der Waals surface area contributed by atoms with Crippen LogP contribution in [0.1, 0.15) is 30.7 Å². The first-order valence-corrected chi connectivity index (χ1v) is 12.9. The molecule has 0 fully saturated rings. The van der Waals surface area contributed by atoms with Crippen molar-refractivity contribution in [2.24, 2.45) is 0 Å². The van der Waals surface area contributed by atoms with E-state index in [9.17, 15) is 0 Å². The second kappa shape index (κ2) is 12.6. The van der Waals surface area contributed by atoms with Gasteiger partial charge in [0.1, 0.15) is 18.0 Å². The van der Waals surface area contributed by atoms with Gasteiger partial charge in [0.2, 0.25) is 11.0 Å². The Morgan fingerprint density at radius 3 is 2.34 bits per heavy atom. The number of anilines is 2. The van der Waals surface area contributed by atoms with Gasteiger partial charge in [0.15, 0.2) is 11.5 Å². The molecule has 0 amide bonds. The number of fused-ring (bicyclic) bond motifs is 1. The second-order valence-electron chi connectivity index (χ2n) is 8.39. The average molecular weight is 537 g/mol. The van der Waals surface area contributed by atoms with E-state index in [-0.39, 0.29) is 5.28 Å². The van der Waals surface area contributed by atoms with Gasteiger partial charge < -0.3 is 24.1 Å². The molecule has 2 aromatic carbocycles. The maximum absolute atomic E-state index is 6.27. The first-order chi connectivity index (χ1) is 18.6. The minimum absolute atomic E-state index is 0.219. The quantitative estimate of drug-likeness (QED) is 0.288. The van der Waals surface area contributed by atoms with Crippen LogP contribution in [0.15, 0.2) is 55.0 Å². The van der Waals surface area contributed by atoms with E-state index < -0.39 is 0 Å². The lowest BCUT2D eigenvalue weighted by Gasteiger charge is -2.29. The van der Waals surface area contributed by atoms with Crippen LogP contribution in [0.4, 0.5) is 11.6 Å². The summed E-state index contributed by atoms with van der Waals surface area (Å²) in [5.74, 6) is 2.94. The predicted molar refractivity (Wildman–Crippen MR) is 149 cm³/mol. The summed E-state index contributed by atoms with van der Waals surface area (Å²) in [6.45, 7) is 6.49. The number of benzene rings is 2. The van der Waals surface area contributed by atoms with Crippen LogP contribution < -0.4 is 19.5 Å². The Morgan fingerprint density at radius 1 is 0.974 bits per heavy atom. The van der Waals surface area contributed by atoms with E-state index in [2.05, 4.69) is 49.4 Å². The summed E-state index contributed by atoms with van der Waals surface area (Å²) in [5.41, 5.74) is 4.08. The molecule has 5 rings (SSSR count). The number of ether oxygens (including phenoxy) is 3. The molecule has 3 heterocycles. The summed E-state index contributed by atoms with van der Waals surface area (Å²) in [5, 5.41) is 3.57. The molecule has 1 N–H and O–H groups in total. The fraction of sp³-hybridized carbons (Fsp3) is 0.321. The molecule has 0 radical (unpaired) electrons. The van der Waals surface area contributed by atoms with Gasteiger partial charge in [-0.05, 0) is 17.2 Å². The number of aromatic nitrogens is 4. The summed E-state index contributed by atoms with van der Waals surface area (Å²) in [7, 11) is 4.75. The second-order valence-corrected chi connectivity index (χ2v) is 8.73. The largest absolute Gasteiger partial charge is 0.493 e. The van der Waals surface area contributed by atoms with Gasteiger partial charge in [-0.2, -0.15) is 0 Å². The monoisotopic (exact) mass is 536 g/mol. The molecule has 0 saturated carbocycles. The van der Waals surface area contributed by atoms with Crippen molar-refractivity contribution < 1.29 is 14.2 Å². The number of rotatable bonds is 8. The van der Waals surface area contributed by atoms with Crippen LogP contribution in [0.3, 0.4) is 0 Å². The molecule has 9 nitrogen and oxygen atoms in total. The van der Waals surface area contributed by atoms with Crippen LogP contribution in [-0.4, -0.2) is 52.3 Å². The van der Waals surface area contributed by atoms with Gasteiger partial charge >= 0.3 is 0 Å². The molecular weight excluding hydrogens is 504 g/mol. The lowest BCUT2D eigenvalue weighted by atomic mass is 10.1. The number of methoxy groups -OCH3 is 3. The zero-order chi connectivity index (χ0) is 27.1. The number of halogens is 1. The molecule has 1 aliphatic heterocycles. The minimum atomic E-state index is 0.219. The Bertz CT molecular complexity index is 1340. The maximum atomic E-state index is 6.27. The van der Waals surface area contributed by atoms with Gasteiger partial charge in [0.05, 0.1) is 38.9 Å². The molecule has 38 heavy (non-hydrogen) atoms. The SMILES string of the molecule is CC.COc1cc(-n2cnc(Nc3nc(Cl)nc4c3CN(Cc3ccccc3)CC4)c2)cc(OC)c1OC. The van der Waals surface area contributed by atoms with E-state index >= 15 is 0 Å². The van der Waals surface area contributed by atoms with Gasteiger partial charge in [-0.3, -0.25) is 4.90 Å². The number of nitrogens with zero attached hydrogens (tertiary/aromatic N) is 5. The van der Waals surface area contributed by atoms with E-state index in [1.807, 2.05) is 42.8 Å². The first-order valence-electron chi connectivity index (χ1n) is 12.5. The highest BCUT2D eigenvalue weighted by Gasteiger charge is 2.23. The summed E-state index contributed by atoms with van der Waals surface area (Å²) in [6, 6.07) is 14.2. The van der Waals surface area contributed by atoms with E-state index in [1.165, 1.54) is 5.56 Å². The van der Waals surface area contributed by atoms with Gasteiger partial charge in [0.25, 0.3) is 0 Å². The minimum Gasteiger partial charge on any atom is -0.493 e. The van der Waals surface area contributed by atoms with E-state index in [4.69, 9.17) is 25.8 Å². The predicted octanol–water partition coefficient (Wildman–Crippen LogP) is 5.67. The Labute approximate surface area is 228 Å². The standard InChI is InChI=1S/C26H27ClN6O3.C2H6/c1-34-21-11-18(12-22(35-2)24(21)36-3)33-15-23(28-16-33)30-25-19-14-32(13-17-7-5-4-6-8-17)10-9-20(19)29-26(27)31-25;1-2/h4-8,11-12,15-16H,9-10,13-14H2,1-3H3,(H,29,30,31);1-2H3. The molecule has 0 spiro atoms. The first kappa shape index (κ1) is 27.2. The Hall–Kier alpha value is -3.82. The van der Waals surface area contributed by atoms with Crippen LogP contribution >= 0.6 is 11.6 Å². The third-order valence-electron chi connectivity index (χ3n) is 6.14. The van der Waals surface area contributed by atoms with Gasteiger partial charge in [-0.25, -0.2) is 15.0 Å². The van der Waals surface area contributed by atoms with Crippen molar-refractivity contribution in [2.75, 3.05) is 33.2 Å². The Balaban J connectivity index is 0.00000164. The average Bonchev–Trinajstić information content (AvgIpc) is 3.42. The molecule has 1 aliphatic rings. The molecule has 0 aliphatic carbocycles. The molecule has 0 unspecified atom stereocenters. The van der Waals surface area contributed by atoms with Crippen molar-refractivity contribution in [3.05, 3.63) is 77.1 Å². The van der Waals surface area contributed by atoms with E-state index in [1.54, 1.807) is 27.7 Å². The molecular formula is C28H33ClN6O3. The van der Waals surface area contributed by atoms with Crippen molar-refractivity contribution in [1.82, 2.24) is 24.4 Å². The van der Waals surface area contributed by atoms with Gasteiger partial charge in [-0.15, -0.1) is 0 Å². The number of imidazole rings is 1. The van der Waals surface area contributed by atoms with Crippen LogP contribution in [0.5, 0.6) is 17.2 Å². The maximum Gasteiger partial charge on any atom is 0.224 e. The van der Waals surface area contributed by atoms with Crippen molar-refractivity contribution in [3.63, 3.8) is 0 Å². The zero-order valence-electron chi connectivity index (χ0n) is 22.4. The summed E-state index contributed by atoms with van der Waals surface area (Å²) in [6.07, 6.45) is 4.38. The highest BCUT2D eigenvalue weighted by atomic mass is 35.5. The van der Waals surface area contributed by atoms with Crippen molar-refractivity contribution in [2.45, 2.75) is 33.4 Å². The number of hydrogen-bond donors (Lipinski definition) is 1.